The van der Waals surface area contributed by atoms with Crippen molar-refractivity contribution in [2.45, 2.75) is 0 Å². The number of nitrogens with one attached hydrogen (secondary N) is 2. The maximum atomic E-state index is 11.5. The Balaban J connectivity index is 2.62. The molecule has 0 fully saturated rings. The number of anilines is 1. The first-order valence-corrected chi connectivity index (χ1v) is 5.29. The number of hydrogen-bond acceptors (Lipinski definition) is 3. The second kappa shape index (κ2) is 6.00. The highest BCUT2D eigenvalue weighted by atomic mass is 16.2. The van der Waals surface area contributed by atoms with Crippen molar-refractivity contribution >= 4 is 17.5 Å². The highest BCUT2D eigenvalue weighted by Crippen LogP contribution is 2.09. The molecule has 0 saturated heterocycles. The van der Waals surface area contributed by atoms with Crippen LogP contribution >= 0.6 is 0 Å². The molecule has 0 aliphatic rings. The van der Waals surface area contributed by atoms with Crippen LogP contribution in [0.5, 0.6) is 0 Å². The molecule has 0 spiro atoms. The molecule has 1 aromatic carbocycles. The highest BCUT2D eigenvalue weighted by molar-refractivity contribution is 5.96. The molecule has 5 heteroatoms. The molecule has 0 bridgehead atoms. The van der Waals surface area contributed by atoms with Crippen LogP contribution in [0.15, 0.2) is 24.3 Å². The van der Waals surface area contributed by atoms with Gasteiger partial charge < -0.3 is 15.5 Å². The number of benzene rings is 1. The van der Waals surface area contributed by atoms with Crippen molar-refractivity contribution in [1.29, 1.82) is 0 Å². The molecule has 0 unspecified atom stereocenters. The monoisotopic (exact) mass is 235 g/mol. The van der Waals surface area contributed by atoms with Gasteiger partial charge in [0.1, 0.15) is 0 Å². The Morgan fingerprint density at radius 2 is 1.76 bits per heavy atom. The topological polar surface area (TPSA) is 61.4 Å². The van der Waals surface area contributed by atoms with Gasteiger partial charge in [-0.25, -0.2) is 0 Å². The van der Waals surface area contributed by atoms with Crippen LogP contribution in [0.1, 0.15) is 10.4 Å². The molecule has 1 rings (SSSR count). The molecule has 0 radical (unpaired) electrons. The summed E-state index contributed by atoms with van der Waals surface area (Å²) in [6, 6.07) is 6.75. The highest BCUT2D eigenvalue weighted by Gasteiger charge is 2.05. The fourth-order valence-corrected chi connectivity index (χ4v) is 1.34. The van der Waals surface area contributed by atoms with Gasteiger partial charge in [0.15, 0.2) is 0 Å². The summed E-state index contributed by atoms with van der Waals surface area (Å²) in [7, 11) is 5.23. The molecule has 92 valence electrons. The summed E-state index contributed by atoms with van der Waals surface area (Å²) in [4.78, 5) is 24.5. The van der Waals surface area contributed by atoms with Gasteiger partial charge in [-0.2, -0.15) is 0 Å². The van der Waals surface area contributed by atoms with E-state index in [-0.39, 0.29) is 11.8 Å². The molecule has 0 atom stereocenters. The van der Waals surface area contributed by atoms with E-state index in [9.17, 15) is 9.59 Å². The van der Waals surface area contributed by atoms with E-state index in [1.165, 1.54) is 0 Å². The first kappa shape index (κ1) is 13.2. The third-order valence-corrected chi connectivity index (χ3v) is 2.12. The maximum absolute atomic E-state index is 11.5. The molecule has 0 aromatic heterocycles. The van der Waals surface area contributed by atoms with Gasteiger partial charge in [0, 0.05) is 18.3 Å². The van der Waals surface area contributed by atoms with Crippen LogP contribution in [0.4, 0.5) is 5.69 Å². The lowest BCUT2D eigenvalue weighted by Crippen LogP contribution is -2.27. The zero-order valence-electron chi connectivity index (χ0n) is 10.3. The largest absolute Gasteiger partial charge is 0.355 e. The quantitative estimate of drug-likeness (QED) is 0.801. The third kappa shape index (κ3) is 4.24. The zero-order chi connectivity index (χ0) is 12.8. The molecule has 2 N–H and O–H groups in total. The number of nitrogens with zero attached hydrogens (tertiary/aromatic N) is 1. The van der Waals surface area contributed by atoms with Crippen molar-refractivity contribution in [1.82, 2.24) is 10.2 Å². The molecule has 0 saturated carbocycles. The summed E-state index contributed by atoms with van der Waals surface area (Å²) >= 11 is 0. The van der Waals surface area contributed by atoms with E-state index in [2.05, 4.69) is 10.6 Å². The lowest BCUT2D eigenvalue weighted by Gasteiger charge is -2.10. The Morgan fingerprint density at radius 1 is 1.18 bits per heavy atom. The Labute approximate surface area is 101 Å². The van der Waals surface area contributed by atoms with Crippen LogP contribution in [-0.2, 0) is 4.79 Å². The van der Waals surface area contributed by atoms with E-state index < -0.39 is 0 Å². The van der Waals surface area contributed by atoms with Crippen LogP contribution in [0.25, 0.3) is 0 Å². The van der Waals surface area contributed by atoms with Gasteiger partial charge in [-0.1, -0.05) is 0 Å². The Hall–Kier alpha value is -1.88. The van der Waals surface area contributed by atoms with Crippen LogP contribution < -0.4 is 10.6 Å². The predicted octanol–water partition coefficient (Wildman–Crippen LogP) is 0.546. The van der Waals surface area contributed by atoms with E-state index >= 15 is 0 Å². The van der Waals surface area contributed by atoms with Crippen LogP contribution in [0, 0.1) is 0 Å². The van der Waals surface area contributed by atoms with Crippen molar-refractivity contribution in [2.75, 3.05) is 33.0 Å². The summed E-state index contributed by atoms with van der Waals surface area (Å²) in [6.45, 7) is 0.331. The van der Waals surface area contributed by atoms with Crippen LogP contribution in [0.2, 0.25) is 0 Å². The summed E-state index contributed by atoms with van der Waals surface area (Å²) < 4.78 is 0. The Bertz CT molecular complexity index is 399. The van der Waals surface area contributed by atoms with E-state index in [0.717, 1.165) is 0 Å². The lowest BCUT2D eigenvalue weighted by atomic mass is 10.2. The third-order valence-electron chi connectivity index (χ3n) is 2.12. The number of hydrogen-bond donors (Lipinski definition) is 2. The van der Waals surface area contributed by atoms with E-state index in [0.29, 0.717) is 17.8 Å². The van der Waals surface area contributed by atoms with Gasteiger partial charge in [0.2, 0.25) is 5.91 Å². The summed E-state index contributed by atoms with van der Waals surface area (Å²) in [5, 5.41) is 5.28. The minimum Gasteiger partial charge on any atom is -0.355 e. The minimum atomic E-state index is -0.142. The van der Waals surface area contributed by atoms with Crippen LogP contribution in [0.3, 0.4) is 0 Å². The van der Waals surface area contributed by atoms with Crippen molar-refractivity contribution in [2.24, 2.45) is 0 Å². The summed E-state index contributed by atoms with van der Waals surface area (Å²) in [5.74, 6) is -0.223. The first-order valence-electron chi connectivity index (χ1n) is 5.29. The molecule has 0 heterocycles. The fourth-order valence-electron chi connectivity index (χ4n) is 1.34. The molecule has 0 aliphatic carbocycles. The number of carbonyl (C=O) groups is 2. The van der Waals surface area contributed by atoms with Gasteiger partial charge in [-0.05, 0) is 38.4 Å². The minimum absolute atomic E-state index is 0.0808. The molecular formula is C12H17N3O2. The van der Waals surface area contributed by atoms with Crippen molar-refractivity contribution in [3.05, 3.63) is 29.8 Å². The normalized spacial score (nSPS) is 10.1. The Morgan fingerprint density at radius 3 is 2.24 bits per heavy atom. The average molecular weight is 235 g/mol. The lowest BCUT2D eigenvalue weighted by molar-refractivity contribution is -0.116. The van der Waals surface area contributed by atoms with E-state index in [4.69, 9.17) is 0 Å². The molecule has 5 nitrogen and oxygen atoms in total. The van der Waals surface area contributed by atoms with E-state index in [1.54, 1.807) is 36.2 Å². The van der Waals surface area contributed by atoms with Gasteiger partial charge in [-0.15, -0.1) is 0 Å². The van der Waals surface area contributed by atoms with Gasteiger partial charge in [0.05, 0.1) is 6.54 Å². The van der Waals surface area contributed by atoms with Gasteiger partial charge in [-0.3, -0.25) is 9.59 Å². The molecule has 1 aromatic rings. The zero-order valence-corrected chi connectivity index (χ0v) is 10.3. The first-order chi connectivity index (χ1) is 8.02. The van der Waals surface area contributed by atoms with Crippen molar-refractivity contribution in [3.8, 4) is 0 Å². The van der Waals surface area contributed by atoms with E-state index in [1.807, 2.05) is 14.1 Å². The van der Waals surface area contributed by atoms with Gasteiger partial charge >= 0.3 is 0 Å². The number of carbonyl (C=O) groups excluding carboxylic acids is 2. The molecule has 17 heavy (non-hydrogen) atoms. The molecule has 2 amide bonds. The summed E-state index contributed by atoms with van der Waals surface area (Å²) in [5.41, 5.74) is 1.25. The average Bonchev–Trinajstić information content (AvgIpc) is 2.28. The standard InChI is InChI=1S/C12H17N3O2/c1-13-12(17)9-4-6-10(7-5-9)14-11(16)8-15(2)3/h4-7H,8H2,1-3H3,(H,13,17)(H,14,16). The Kier molecular flexibility index (Phi) is 4.66. The SMILES string of the molecule is CNC(=O)c1ccc(NC(=O)CN(C)C)cc1. The second-order valence-corrected chi connectivity index (χ2v) is 3.94. The molecule has 0 aliphatic heterocycles. The van der Waals surface area contributed by atoms with Crippen molar-refractivity contribution in [3.63, 3.8) is 0 Å². The van der Waals surface area contributed by atoms with Crippen LogP contribution in [-0.4, -0.2) is 44.4 Å². The number of rotatable bonds is 4. The number of likely N-dealkylation sites (N-methyl/N-ethyl adjacent to an activating group) is 1. The maximum Gasteiger partial charge on any atom is 0.251 e. The number of amides is 2. The van der Waals surface area contributed by atoms with Crippen molar-refractivity contribution < 1.29 is 9.59 Å². The second-order valence-electron chi connectivity index (χ2n) is 3.94. The predicted molar refractivity (Wildman–Crippen MR) is 67.0 cm³/mol. The smallest absolute Gasteiger partial charge is 0.251 e. The molecular weight excluding hydrogens is 218 g/mol. The summed E-state index contributed by atoms with van der Waals surface area (Å²) in [6.07, 6.45) is 0. The van der Waals surface area contributed by atoms with Gasteiger partial charge in [0.25, 0.3) is 5.91 Å². The fraction of sp³-hybridized carbons (Fsp3) is 0.333.